The third-order valence-corrected chi connectivity index (χ3v) is 39.5. The van der Waals surface area contributed by atoms with E-state index in [-0.39, 0.29) is 0 Å². The molecule has 4 aromatic carbocycles. The molecule has 13 heteroatoms. The summed E-state index contributed by atoms with van der Waals surface area (Å²) in [5, 5.41) is 4.23. The lowest BCUT2D eigenvalue weighted by Crippen LogP contribution is -2.71. The highest BCUT2D eigenvalue weighted by Gasteiger charge is 2.62. The average molecular weight is 753 g/mol. The van der Waals surface area contributed by atoms with E-state index < -0.39 is 42.3 Å². The maximum Gasteiger partial charge on any atom is 0.369 e. The normalized spacial score (nSPS) is 13.1. The molecule has 0 bridgehead atoms. The van der Waals surface area contributed by atoms with Crippen LogP contribution in [0.1, 0.15) is 0 Å². The molecule has 0 fully saturated rings. The quantitative estimate of drug-likeness (QED) is 0.125. The van der Waals surface area contributed by atoms with Crippen molar-refractivity contribution in [1.29, 1.82) is 0 Å². The molecule has 49 heavy (non-hydrogen) atoms. The second-order valence-electron chi connectivity index (χ2n) is 12.3. The van der Waals surface area contributed by atoms with Gasteiger partial charge in [-0.15, -0.1) is 0 Å². The minimum absolute atomic E-state index is 0.661. The smallest absolute Gasteiger partial charge is 0.369 e. The van der Waals surface area contributed by atoms with Crippen molar-refractivity contribution in [2.24, 2.45) is 0 Å². The number of hydrogen-bond donors (Lipinski definition) is 0. The van der Waals surface area contributed by atoms with E-state index in [1.807, 2.05) is 72.8 Å². The van der Waals surface area contributed by atoms with E-state index in [1.54, 1.807) is 56.9 Å². The first-order valence-corrected chi connectivity index (χ1v) is 27.3. The Bertz CT molecular complexity index is 1290. The third kappa shape index (κ3) is 8.42. The van der Waals surface area contributed by atoms with Crippen molar-refractivity contribution in [1.82, 2.24) is 0 Å². The summed E-state index contributed by atoms with van der Waals surface area (Å²) < 4.78 is 53.2. The van der Waals surface area contributed by atoms with E-state index in [2.05, 4.69) is 48.5 Å². The van der Waals surface area contributed by atoms with Crippen molar-refractivity contribution < 1.29 is 35.4 Å². The molecule has 0 atom stereocenters. The lowest BCUT2D eigenvalue weighted by Gasteiger charge is -2.48. The Morgan fingerprint density at radius 2 is 0.449 bits per heavy atom. The van der Waals surface area contributed by atoms with Crippen LogP contribution in [0.3, 0.4) is 0 Å². The molecule has 0 amide bonds. The van der Waals surface area contributed by atoms with Crippen molar-refractivity contribution >= 4 is 63.1 Å². The second-order valence-corrected chi connectivity index (χ2v) is 32.6. The van der Waals surface area contributed by atoms with Gasteiger partial charge in [-0.2, -0.15) is 0 Å². The highest BCUT2D eigenvalue weighted by molar-refractivity contribution is 7.14. The fourth-order valence-corrected chi connectivity index (χ4v) is 46.2. The zero-order valence-corrected chi connectivity index (χ0v) is 35.1. The van der Waals surface area contributed by atoms with E-state index >= 15 is 0 Å². The maximum absolute atomic E-state index is 6.64. The van der Waals surface area contributed by atoms with Gasteiger partial charge >= 0.3 is 34.2 Å². The molecule has 0 N–H and O–H groups in total. The van der Waals surface area contributed by atoms with Gasteiger partial charge in [-0.3, -0.25) is 0 Å². The van der Waals surface area contributed by atoms with Crippen LogP contribution in [-0.2, 0) is 35.4 Å². The van der Waals surface area contributed by atoms with Gasteiger partial charge in [0, 0.05) is 56.9 Å². The van der Waals surface area contributed by atoms with Gasteiger partial charge < -0.3 is 35.4 Å². The van der Waals surface area contributed by atoms with Crippen LogP contribution in [0, 0.1) is 0 Å². The van der Waals surface area contributed by atoms with Crippen LogP contribution < -0.4 is 20.7 Å². The molecule has 0 aliphatic rings. The van der Waals surface area contributed by atoms with Crippen molar-refractivity contribution in [3.8, 4) is 0 Å². The van der Waals surface area contributed by atoms with Gasteiger partial charge in [-0.1, -0.05) is 121 Å². The largest absolute Gasteiger partial charge is 0.394 e. The fraction of sp³-hybridized carbons (Fsp3) is 0.333. The zero-order chi connectivity index (χ0) is 35.4. The van der Waals surface area contributed by atoms with Gasteiger partial charge in [0.05, 0.1) is 8.07 Å². The first-order valence-electron chi connectivity index (χ1n) is 16.4. The van der Waals surface area contributed by atoms with Crippen molar-refractivity contribution in [3.05, 3.63) is 121 Å². The summed E-state index contributed by atoms with van der Waals surface area (Å²) in [6, 6.07) is 41.4. The summed E-state index contributed by atoms with van der Waals surface area (Å²) in [7, 11) is -1.33. The lowest BCUT2D eigenvalue weighted by molar-refractivity contribution is 0.254. The average Bonchev–Trinajstić information content (AvgIpc) is 3.19. The van der Waals surface area contributed by atoms with Crippen LogP contribution >= 0.6 is 0 Å². The Balaban J connectivity index is 2.11. The van der Waals surface area contributed by atoms with E-state index in [9.17, 15) is 0 Å². The summed E-state index contributed by atoms with van der Waals surface area (Å²) in [6.45, 7) is 0. The summed E-state index contributed by atoms with van der Waals surface area (Å²) in [5.74, 6) is 0. The molecule has 4 aromatic rings. The molecule has 264 valence electrons. The Labute approximate surface area is 298 Å². The maximum atomic E-state index is 6.64. The number of benzene rings is 4. The van der Waals surface area contributed by atoms with Crippen LogP contribution in [0.4, 0.5) is 0 Å². The topological polar surface area (TPSA) is 73.8 Å². The summed E-state index contributed by atoms with van der Waals surface area (Å²) in [5.41, 5.74) is 2.64. The van der Waals surface area contributed by atoms with Crippen molar-refractivity contribution in [3.63, 3.8) is 0 Å². The van der Waals surface area contributed by atoms with Gasteiger partial charge in [-0.05, 0) is 43.4 Å². The monoisotopic (exact) mass is 752 g/mol. The molecular formula is C36H52O8Si5. The van der Waals surface area contributed by atoms with Crippen molar-refractivity contribution in [2.45, 2.75) is 22.7 Å². The zero-order valence-electron chi connectivity index (χ0n) is 30.1. The number of rotatable bonds is 20. The summed E-state index contributed by atoms with van der Waals surface area (Å²) >= 11 is 0. The molecule has 4 rings (SSSR count). The van der Waals surface area contributed by atoms with E-state index in [0.717, 1.165) is 20.7 Å². The summed E-state index contributed by atoms with van der Waals surface area (Å²) in [4.78, 5) is 0. The van der Waals surface area contributed by atoms with Crippen LogP contribution in [0.5, 0.6) is 0 Å². The van der Waals surface area contributed by atoms with E-state index in [1.165, 1.54) is 0 Å². The molecule has 0 aliphatic heterocycles. The molecule has 0 aromatic heterocycles. The fourth-order valence-electron chi connectivity index (χ4n) is 7.38. The Morgan fingerprint density at radius 3 is 0.592 bits per heavy atom. The SMILES string of the molecule is CO[Si](C[Si](C[Si](OC)(OC)c1ccccc1)(C[Si](OC)(OC)c1ccccc1)C[Si](OC)(OC)c1ccccc1)(OC)c1ccccc1. The minimum Gasteiger partial charge on any atom is -0.394 e. The number of hydrogen-bond acceptors (Lipinski definition) is 8. The molecule has 0 saturated heterocycles. The minimum atomic E-state index is -3.14. The lowest BCUT2D eigenvalue weighted by atomic mass is 10.4. The Kier molecular flexibility index (Phi) is 14.3. The van der Waals surface area contributed by atoms with E-state index in [4.69, 9.17) is 35.4 Å². The van der Waals surface area contributed by atoms with Crippen molar-refractivity contribution in [2.75, 3.05) is 56.9 Å². The molecule has 0 heterocycles. The molecule has 0 aliphatic carbocycles. The first kappa shape index (κ1) is 39.4. The standard InChI is InChI=1S/C36H52O8Si5/c1-37-46(38-2,33-21-13-9-14-22-33)29-45(30-47(39-3,40-4)34-23-15-10-16-24-34,31-48(41-5,42-6)35-25-17-11-18-26-35)32-49(43-7,44-8)36-27-19-12-20-28-36/h9-28H,29-32H2,1-8H3. The molecular weight excluding hydrogens is 701 g/mol. The molecule has 0 saturated carbocycles. The highest BCUT2D eigenvalue weighted by atomic mass is 28.5. The predicted molar refractivity (Wildman–Crippen MR) is 208 cm³/mol. The van der Waals surface area contributed by atoms with Crippen LogP contribution in [-0.4, -0.2) is 99.2 Å². The van der Waals surface area contributed by atoms with E-state index in [0.29, 0.717) is 22.7 Å². The Hall–Kier alpha value is -2.36. The summed E-state index contributed by atoms with van der Waals surface area (Å²) in [6.07, 6.45) is 0. The third-order valence-electron chi connectivity index (χ3n) is 9.92. The van der Waals surface area contributed by atoms with Gasteiger partial charge in [0.25, 0.3) is 0 Å². The van der Waals surface area contributed by atoms with Gasteiger partial charge in [0.1, 0.15) is 0 Å². The van der Waals surface area contributed by atoms with Gasteiger partial charge in [-0.25, -0.2) is 0 Å². The predicted octanol–water partition coefficient (Wildman–Crippen LogP) is 4.16. The molecule has 8 nitrogen and oxygen atoms in total. The molecule has 0 radical (unpaired) electrons. The first-order chi connectivity index (χ1) is 23.7. The second kappa shape index (κ2) is 17.7. The van der Waals surface area contributed by atoms with Gasteiger partial charge in [0.2, 0.25) is 0 Å². The molecule has 0 unspecified atom stereocenters. The molecule has 0 spiro atoms. The highest BCUT2D eigenvalue weighted by Crippen LogP contribution is 2.41. The van der Waals surface area contributed by atoms with Crippen LogP contribution in [0.25, 0.3) is 0 Å². The van der Waals surface area contributed by atoms with Gasteiger partial charge in [0.15, 0.2) is 0 Å². The van der Waals surface area contributed by atoms with Crippen LogP contribution in [0.15, 0.2) is 121 Å². The van der Waals surface area contributed by atoms with Crippen LogP contribution in [0.2, 0.25) is 22.7 Å². The Morgan fingerprint density at radius 1 is 0.286 bits per heavy atom.